The molecule has 3 rings (SSSR count). The van der Waals surface area contributed by atoms with Crippen molar-refractivity contribution in [3.8, 4) is 11.5 Å². The monoisotopic (exact) mass is 498 g/mol. The summed E-state index contributed by atoms with van der Waals surface area (Å²) < 4.78 is 69.3. The Morgan fingerprint density at radius 3 is 2.24 bits per heavy atom. The normalized spacial score (nSPS) is 12.3. The number of benzene rings is 3. The lowest BCUT2D eigenvalue weighted by Gasteiger charge is -2.22. The van der Waals surface area contributed by atoms with Crippen LogP contribution in [0.3, 0.4) is 0 Å². The number of ether oxygens (including phenoxy) is 1. The van der Waals surface area contributed by atoms with E-state index in [4.69, 9.17) is 9.88 Å². The zero-order valence-electron chi connectivity index (χ0n) is 18.6. The van der Waals surface area contributed by atoms with Crippen LogP contribution in [-0.4, -0.2) is 14.3 Å². The molecule has 186 valence electrons. The first-order valence-electron chi connectivity index (χ1n) is 10.1. The van der Waals surface area contributed by atoms with Crippen molar-refractivity contribution in [3.63, 3.8) is 0 Å². The highest BCUT2D eigenvalue weighted by molar-refractivity contribution is 7.89. The number of amides is 1. The van der Waals surface area contributed by atoms with Crippen molar-refractivity contribution < 1.29 is 35.4 Å². The number of sulfonamides is 1. The van der Waals surface area contributed by atoms with Gasteiger partial charge in [0.2, 0.25) is 10.0 Å². The predicted octanol–water partition coefficient (Wildman–Crippen LogP) is 6.43. The van der Waals surface area contributed by atoms with E-state index < -0.39 is 33.4 Å². The van der Waals surface area contributed by atoms with Crippen molar-refractivity contribution in [1.29, 1.82) is 0 Å². The summed E-state index contributed by atoms with van der Waals surface area (Å²) in [7, 11) is -4.00. The summed E-state index contributed by atoms with van der Waals surface area (Å²) in [5.41, 5.74) is -0.521. The Kier molecular flexibility index (Phi) is 6.77. The molecule has 3 aromatic carbocycles. The summed E-state index contributed by atoms with van der Waals surface area (Å²) >= 11 is 0. The zero-order valence-corrected chi connectivity index (χ0v) is 19.4. The first-order valence-corrected chi connectivity index (χ1v) is 11.6. The number of rotatable bonds is 5. The number of carbonyl (C=O) groups is 1. The lowest BCUT2D eigenvalue weighted by Crippen LogP contribution is -2.17. The second kappa shape index (κ2) is 9.11. The van der Waals surface area contributed by atoms with Crippen molar-refractivity contribution in [2.24, 2.45) is 5.14 Å². The number of carbonyl (C=O) groups excluding carboxylic acids is 1. The SMILES string of the molecule is CC(C)(C)c1ccc(C(=O)Nc2cccc(S(N)(=O)=O)c2)c(Oc2ccccc2C(F)(F)F)c1.[HH].[HH].[HH]. The Hall–Kier alpha value is -3.37. The zero-order chi connectivity index (χ0) is 25.3. The number of para-hydroxylation sites is 1. The third kappa shape index (κ3) is 5.95. The Labute approximate surface area is 200 Å². The summed E-state index contributed by atoms with van der Waals surface area (Å²) in [6.07, 6.45) is -4.66. The van der Waals surface area contributed by atoms with Gasteiger partial charge in [0.05, 0.1) is 16.0 Å². The van der Waals surface area contributed by atoms with Crippen LogP contribution in [0.2, 0.25) is 0 Å². The van der Waals surface area contributed by atoms with Crippen molar-refractivity contribution in [2.75, 3.05) is 5.32 Å². The number of hydrogen-bond donors (Lipinski definition) is 2. The molecular weight excluding hydrogens is 469 g/mol. The number of nitrogens with two attached hydrogens (primary N) is 1. The van der Waals surface area contributed by atoms with Crippen molar-refractivity contribution in [3.05, 3.63) is 83.4 Å². The fraction of sp³-hybridized carbons (Fsp3) is 0.208. The molecule has 10 heteroatoms. The van der Waals surface area contributed by atoms with Crippen LogP contribution in [0.25, 0.3) is 0 Å². The number of halogens is 3. The molecule has 0 saturated carbocycles. The van der Waals surface area contributed by atoms with Crippen LogP contribution >= 0.6 is 0 Å². The maximum Gasteiger partial charge on any atom is 0.419 e. The number of hydrogen-bond acceptors (Lipinski definition) is 4. The minimum Gasteiger partial charge on any atom is -0.456 e. The molecule has 0 aliphatic heterocycles. The lowest BCUT2D eigenvalue weighted by atomic mass is 9.86. The van der Waals surface area contributed by atoms with Gasteiger partial charge in [-0.25, -0.2) is 13.6 Å². The minimum absolute atomic E-state index is 0. The average Bonchev–Trinajstić information content (AvgIpc) is 2.72. The number of primary sulfonamides is 1. The van der Waals surface area contributed by atoms with Gasteiger partial charge in [-0.05, 0) is 53.4 Å². The molecule has 1 amide bonds. The van der Waals surface area contributed by atoms with E-state index in [9.17, 15) is 26.4 Å². The topological polar surface area (TPSA) is 98.5 Å². The number of anilines is 1. The van der Waals surface area contributed by atoms with Gasteiger partial charge in [0.1, 0.15) is 11.5 Å². The minimum atomic E-state index is -4.66. The lowest BCUT2D eigenvalue weighted by molar-refractivity contribution is -0.138. The maximum atomic E-state index is 13.5. The van der Waals surface area contributed by atoms with Crippen LogP contribution in [0.4, 0.5) is 18.9 Å². The molecule has 0 aliphatic carbocycles. The molecule has 34 heavy (non-hydrogen) atoms. The molecule has 0 atom stereocenters. The van der Waals surface area contributed by atoms with Crippen molar-refractivity contribution >= 4 is 21.6 Å². The summed E-state index contributed by atoms with van der Waals surface area (Å²) in [4.78, 5) is 12.8. The molecular formula is C24H29F3N2O4S. The Morgan fingerprint density at radius 1 is 0.941 bits per heavy atom. The molecule has 0 aliphatic rings. The van der Waals surface area contributed by atoms with Crippen LogP contribution in [0, 0.1) is 0 Å². The highest BCUT2D eigenvalue weighted by atomic mass is 32.2. The molecule has 0 saturated heterocycles. The summed E-state index contributed by atoms with van der Waals surface area (Å²) in [6.45, 7) is 5.73. The van der Waals surface area contributed by atoms with E-state index in [2.05, 4.69) is 5.32 Å². The van der Waals surface area contributed by atoms with Gasteiger partial charge >= 0.3 is 6.18 Å². The van der Waals surface area contributed by atoms with Gasteiger partial charge in [-0.15, -0.1) is 0 Å². The molecule has 0 unspecified atom stereocenters. The average molecular weight is 499 g/mol. The first kappa shape index (κ1) is 25.3. The second-order valence-electron chi connectivity index (χ2n) is 8.58. The quantitative estimate of drug-likeness (QED) is 0.423. The largest absolute Gasteiger partial charge is 0.456 e. The summed E-state index contributed by atoms with van der Waals surface area (Å²) in [5.74, 6) is -1.23. The van der Waals surface area contributed by atoms with E-state index in [0.29, 0.717) is 0 Å². The molecule has 0 heterocycles. The van der Waals surface area contributed by atoms with Crippen molar-refractivity contribution in [1.82, 2.24) is 0 Å². The van der Waals surface area contributed by atoms with E-state index in [1.54, 1.807) is 6.07 Å². The van der Waals surface area contributed by atoms with E-state index in [-0.39, 0.29) is 31.6 Å². The van der Waals surface area contributed by atoms with E-state index in [1.165, 1.54) is 54.6 Å². The fourth-order valence-electron chi connectivity index (χ4n) is 3.12. The Bertz CT molecular complexity index is 1350. The number of nitrogens with one attached hydrogen (secondary N) is 1. The molecule has 0 bridgehead atoms. The molecule has 3 N–H and O–H groups in total. The molecule has 0 radical (unpaired) electrons. The Morgan fingerprint density at radius 2 is 1.62 bits per heavy atom. The fourth-order valence-corrected chi connectivity index (χ4v) is 3.68. The van der Waals surface area contributed by atoms with Crippen LogP contribution in [0.5, 0.6) is 11.5 Å². The smallest absolute Gasteiger partial charge is 0.419 e. The van der Waals surface area contributed by atoms with E-state index >= 15 is 0 Å². The van der Waals surface area contributed by atoms with Gasteiger partial charge < -0.3 is 10.1 Å². The van der Waals surface area contributed by atoms with Gasteiger partial charge in [0, 0.05) is 9.97 Å². The van der Waals surface area contributed by atoms with Gasteiger partial charge in [-0.3, -0.25) is 4.79 Å². The third-order valence-electron chi connectivity index (χ3n) is 4.93. The highest BCUT2D eigenvalue weighted by Crippen LogP contribution is 2.39. The summed E-state index contributed by atoms with van der Waals surface area (Å²) in [6, 6.07) is 14.6. The molecule has 3 aromatic rings. The number of alkyl halides is 3. The molecule has 0 aromatic heterocycles. The molecule has 0 fully saturated rings. The van der Waals surface area contributed by atoms with Gasteiger partial charge in [0.25, 0.3) is 5.91 Å². The maximum absolute atomic E-state index is 13.5. The van der Waals surface area contributed by atoms with Crippen LogP contribution < -0.4 is 15.2 Å². The van der Waals surface area contributed by atoms with Crippen LogP contribution in [-0.2, 0) is 21.6 Å². The highest BCUT2D eigenvalue weighted by Gasteiger charge is 2.34. The van der Waals surface area contributed by atoms with Crippen LogP contribution in [0.15, 0.2) is 71.6 Å². The predicted molar refractivity (Wildman–Crippen MR) is 129 cm³/mol. The third-order valence-corrected chi connectivity index (χ3v) is 5.84. The van der Waals surface area contributed by atoms with Gasteiger partial charge in [-0.1, -0.05) is 45.0 Å². The summed E-state index contributed by atoms with van der Waals surface area (Å²) in [5, 5.41) is 7.67. The van der Waals surface area contributed by atoms with Crippen molar-refractivity contribution in [2.45, 2.75) is 37.3 Å². The Balaban J connectivity index is 0.00000432. The second-order valence-corrected chi connectivity index (χ2v) is 10.1. The molecule has 0 spiro atoms. The van der Waals surface area contributed by atoms with E-state index in [0.717, 1.165) is 11.6 Å². The van der Waals surface area contributed by atoms with Crippen LogP contribution in [0.1, 0.15) is 46.5 Å². The first-order chi connectivity index (χ1) is 15.7. The van der Waals surface area contributed by atoms with Gasteiger partial charge in [0.15, 0.2) is 0 Å². The standard InChI is InChI=1S/C24H23F3N2O4S.3H2/c1-23(2,3)15-11-12-18(22(30)29-16-7-6-8-17(14-16)34(28,31)32)21(13-15)33-20-10-5-4-9-19(20)24(25,26)27;;;/h4-14H,1-3H3,(H,29,30)(H2,28,31,32);3*1H. The van der Waals surface area contributed by atoms with E-state index in [1.807, 2.05) is 20.8 Å². The molecule has 6 nitrogen and oxygen atoms in total. The van der Waals surface area contributed by atoms with Gasteiger partial charge in [-0.2, -0.15) is 13.2 Å².